The molecule has 0 fully saturated rings. The predicted molar refractivity (Wildman–Crippen MR) is 42.2 cm³/mol. The van der Waals surface area contributed by atoms with Gasteiger partial charge >= 0.3 is 0 Å². The molecule has 0 atom stereocenters. The minimum absolute atomic E-state index is 0.643. The summed E-state index contributed by atoms with van der Waals surface area (Å²) in [6, 6.07) is 0. The van der Waals surface area contributed by atoms with Crippen LogP contribution in [0.3, 0.4) is 0 Å². The standard InChI is InChI=1S/C6H11N3OS/c1-11-6-9-8-5(10-6)3-2-4-7/h2-4,7H2,1H3/p+1. The van der Waals surface area contributed by atoms with Crippen LogP contribution in [-0.2, 0) is 6.42 Å². The van der Waals surface area contributed by atoms with E-state index in [2.05, 4.69) is 15.9 Å². The van der Waals surface area contributed by atoms with E-state index in [0.29, 0.717) is 5.22 Å². The molecule has 1 aromatic rings. The van der Waals surface area contributed by atoms with E-state index in [1.54, 1.807) is 0 Å². The molecular formula is C6H12N3OS+. The van der Waals surface area contributed by atoms with Gasteiger partial charge in [0.05, 0.1) is 6.54 Å². The maximum absolute atomic E-state index is 5.25. The normalized spacial score (nSPS) is 10.4. The van der Waals surface area contributed by atoms with Crippen LogP contribution in [0.1, 0.15) is 12.3 Å². The van der Waals surface area contributed by atoms with Crippen LogP contribution in [0.25, 0.3) is 0 Å². The average Bonchev–Trinajstić information content (AvgIpc) is 2.48. The summed E-state index contributed by atoms with van der Waals surface area (Å²) in [6.07, 6.45) is 3.77. The number of nitrogens with zero attached hydrogens (tertiary/aromatic N) is 2. The number of hydrogen-bond donors (Lipinski definition) is 1. The highest BCUT2D eigenvalue weighted by Crippen LogP contribution is 2.12. The molecule has 0 aliphatic heterocycles. The molecule has 1 aromatic heterocycles. The first-order valence-corrected chi connectivity index (χ1v) is 4.75. The summed E-state index contributed by atoms with van der Waals surface area (Å²) in [5, 5.41) is 8.32. The van der Waals surface area contributed by atoms with Gasteiger partial charge in [-0.1, -0.05) is 11.8 Å². The molecule has 4 nitrogen and oxygen atoms in total. The van der Waals surface area contributed by atoms with Crippen molar-refractivity contribution in [2.75, 3.05) is 12.8 Å². The lowest BCUT2D eigenvalue weighted by Gasteiger charge is -1.87. The lowest BCUT2D eigenvalue weighted by molar-refractivity contribution is -0.368. The highest BCUT2D eigenvalue weighted by atomic mass is 32.2. The van der Waals surface area contributed by atoms with Crippen molar-refractivity contribution in [3.8, 4) is 0 Å². The lowest BCUT2D eigenvalue weighted by atomic mass is 10.3. The number of quaternary nitrogens is 1. The minimum Gasteiger partial charge on any atom is -0.416 e. The van der Waals surface area contributed by atoms with E-state index < -0.39 is 0 Å². The van der Waals surface area contributed by atoms with E-state index in [-0.39, 0.29) is 0 Å². The fourth-order valence-electron chi connectivity index (χ4n) is 0.698. The Labute approximate surface area is 69.6 Å². The Bertz CT molecular complexity index is 213. The number of hydrogen-bond acceptors (Lipinski definition) is 4. The topological polar surface area (TPSA) is 66.6 Å². The second-order valence-electron chi connectivity index (χ2n) is 2.12. The summed E-state index contributed by atoms with van der Waals surface area (Å²) < 4.78 is 5.25. The van der Waals surface area contributed by atoms with Crippen molar-refractivity contribution in [3.63, 3.8) is 0 Å². The Morgan fingerprint density at radius 3 is 2.91 bits per heavy atom. The van der Waals surface area contributed by atoms with Crippen molar-refractivity contribution in [2.45, 2.75) is 18.1 Å². The zero-order chi connectivity index (χ0) is 8.10. The molecule has 0 unspecified atom stereocenters. The van der Waals surface area contributed by atoms with Crippen LogP contribution in [0.4, 0.5) is 0 Å². The number of aromatic nitrogens is 2. The van der Waals surface area contributed by atoms with Gasteiger partial charge in [-0.05, 0) is 6.26 Å². The van der Waals surface area contributed by atoms with Gasteiger partial charge in [0, 0.05) is 12.8 Å². The van der Waals surface area contributed by atoms with Gasteiger partial charge in [0.15, 0.2) is 0 Å². The van der Waals surface area contributed by atoms with Gasteiger partial charge in [-0.3, -0.25) is 0 Å². The Morgan fingerprint density at radius 2 is 2.36 bits per heavy atom. The van der Waals surface area contributed by atoms with Crippen molar-refractivity contribution < 1.29 is 10.2 Å². The molecule has 0 saturated carbocycles. The molecule has 0 saturated heterocycles. The fourth-order valence-corrected chi connectivity index (χ4v) is 1.000. The molecule has 11 heavy (non-hydrogen) atoms. The average molecular weight is 174 g/mol. The van der Waals surface area contributed by atoms with Crippen LogP contribution in [-0.4, -0.2) is 23.0 Å². The number of thioether (sulfide) groups is 1. The third kappa shape index (κ3) is 2.51. The zero-order valence-corrected chi connectivity index (χ0v) is 7.36. The molecular weight excluding hydrogens is 162 g/mol. The molecule has 3 N–H and O–H groups in total. The van der Waals surface area contributed by atoms with Gasteiger partial charge in [-0.15, -0.1) is 10.2 Å². The van der Waals surface area contributed by atoms with Gasteiger partial charge in [-0.25, -0.2) is 0 Å². The van der Waals surface area contributed by atoms with Crippen LogP contribution >= 0.6 is 11.8 Å². The van der Waals surface area contributed by atoms with Crippen LogP contribution < -0.4 is 5.73 Å². The second-order valence-corrected chi connectivity index (χ2v) is 2.88. The lowest BCUT2D eigenvalue weighted by Crippen LogP contribution is -2.50. The van der Waals surface area contributed by atoms with E-state index in [9.17, 15) is 0 Å². The van der Waals surface area contributed by atoms with E-state index in [1.165, 1.54) is 11.8 Å². The molecule has 1 rings (SSSR count). The molecule has 0 amide bonds. The Balaban J connectivity index is 2.44. The molecule has 62 valence electrons. The van der Waals surface area contributed by atoms with Crippen LogP contribution in [0.2, 0.25) is 0 Å². The second kappa shape index (κ2) is 4.35. The van der Waals surface area contributed by atoms with E-state index in [1.807, 2.05) is 6.26 Å². The minimum atomic E-state index is 0.643. The number of rotatable bonds is 4. The third-order valence-electron chi connectivity index (χ3n) is 1.26. The van der Waals surface area contributed by atoms with Crippen molar-refractivity contribution in [2.24, 2.45) is 0 Å². The predicted octanol–water partition coefficient (Wildman–Crippen LogP) is -0.0340. The maximum Gasteiger partial charge on any atom is 0.276 e. The summed E-state index contributed by atoms with van der Waals surface area (Å²) in [5.74, 6) is 0.720. The zero-order valence-electron chi connectivity index (χ0n) is 6.54. The molecule has 0 bridgehead atoms. The quantitative estimate of drug-likeness (QED) is 0.651. The molecule has 0 aliphatic rings. The van der Waals surface area contributed by atoms with E-state index >= 15 is 0 Å². The van der Waals surface area contributed by atoms with Crippen LogP contribution in [0.15, 0.2) is 9.64 Å². The van der Waals surface area contributed by atoms with Gasteiger partial charge in [0.25, 0.3) is 5.22 Å². The summed E-state index contributed by atoms with van der Waals surface area (Å²) in [4.78, 5) is 0. The Morgan fingerprint density at radius 1 is 1.55 bits per heavy atom. The summed E-state index contributed by atoms with van der Waals surface area (Å²) in [7, 11) is 0. The van der Waals surface area contributed by atoms with Crippen molar-refractivity contribution >= 4 is 11.8 Å². The molecule has 5 heteroatoms. The molecule has 0 spiro atoms. The van der Waals surface area contributed by atoms with Crippen LogP contribution in [0, 0.1) is 0 Å². The first-order chi connectivity index (χ1) is 5.36. The van der Waals surface area contributed by atoms with Crippen molar-refractivity contribution in [1.82, 2.24) is 10.2 Å². The first kappa shape index (κ1) is 8.55. The highest BCUT2D eigenvalue weighted by Gasteiger charge is 2.03. The Kier molecular flexibility index (Phi) is 3.38. The van der Waals surface area contributed by atoms with Crippen LogP contribution in [0.5, 0.6) is 0 Å². The molecule has 1 heterocycles. The van der Waals surface area contributed by atoms with Gasteiger partial charge < -0.3 is 10.2 Å². The molecule has 0 aromatic carbocycles. The van der Waals surface area contributed by atoms with E-state index in [0.717, 1.165) is 25.3 Å². The van der Waals surface area contributed by atoms with Gasteiger partial charge in [0.2, 0.25) is 5.89 Å². The Hall–Kier alpha value is -0.550. The number of aryl methyl sites for hydroxylation is 1. The van der Waals surface area contributed by atoms with Crippen molar-refractivity contribution in [3.05, 3.63) is 5.89 Å². The van der Waals surface area contributed by atoms with Gasteiger partial charge in [-0.2, -0.15) is 0 Å². The first-order valence-electron chi connectivity index (χ1n) is 3.52. The highest BCUT2D eigenvalue weighted by molar-refractivity contribution is 7.98. The van der Waals surface area contributed by atoms with Gasteiger partial charge in [0.1, 0.15) is 0 Å². The third-order valence-corrected chi connectivity index (χ3v) is 1.78. The fraction of sp³-hybridized carbons (Fsp3) is 0.667. The molecule has 0 aliphatic carbocycles. The summed E-state index contributed by atoms with van der Waals surface area (Å²) in [5.41, 5.74) is 3.73. The van der Waals surface area contributed by atoms with E-state index in [4.69, 9.17) is 4.42 Å². The SMILES string of the molecule is CSc1nnc(CCC[NH3+])o1. The van der Waals surface area contributed by atoms with Crippen molar-refractivity contribution in [1.29, 1.82) is 0 Å². The molecule has 0 radical (unpaired) electrons. The smallest absolute Gasteiger partial charge is 0.276 e. The maximum atomic E-state index is 5.25. The monoisotopic (exact) mass is 174 g/mol. The largest absolute Gasteiger partial charge is 0.416 e. The summed E-state index contributed by atoms with van der Waals surface area (Å²) in [6.45, 7) is 0.914. The summed E-state index contributed by atoms with van der Waals surface area (Å²) >= 11 is 1.47.